The summed E-state index contributed by atoms with van der Waals surface area (Å²) in [5.74, 6) is -1.11. The number of para-hydroxylation sites is 1. The zero-order valence-electron chi connectivity index (χ0n) is 13.1. The predicted molar refractivity (Wildman–Crippen MR) is 83.4 cm³/mol. The van der Waals surface area contributed by atoms with Crippen molar-refractivity contribution in [3.05, 3.63) is 36.0 Å². The Morgan fingerprint density at radius 1 is 1.09 bits per heavy atom. The molecule has 1 aromatic carbocycles. The third kappa shape index (κ3) is 2.98. The van der Waals surface area contributed by atoms with Crippen molar-refractivity contribution in [2.75, 3.05) is 13.2 Å². The molecule has 1 aromatic heterocycles. The van der Waals surface area contributed by atoms with Crippen molar-refractivity contribution in [2.24, 2.45) is 5.41 Å². The minimum atomic E-state index is -1.35. The van der Waals surface area contributed by atoms with E-state index in [9.17, 15) is 9.59 Å². The number of aromatic amines is 1. The number of benzene rings is 1. The van der Waals surface area contributed by atoms with Gasteiger partial charge in [0.15, 0.2) is 5.41 Å². The number of carbonyl (C=O) groups excluding carboxylic acids is 2. The van der Waals surface area contributed by atoms with Gasteiger partial charge < -0.3 is 14.5 Å². The van der Waals surface area contributed by atoms with E-state index in [2.05, 4.69) is 4.98 Å². The second-order valence-electron chi connectivity index (χ2n) is 5.31. The third-order valence-corrected chi connectivity index (χ3v) is 3.67. The Balaban J connectivity index is 2.37. The average Bonchev–Trinajstić information content (AvgIpc) is 2.91. The van der Waals surface area contributed by atoms with Crippen LogP contribution in [0.2, 0.25) is 0 Å². The first-order valence-electron chi connectivity index (χ1n) is 7.42. The Morgan fingerprint density at radius 2 is 1.68 bits per heavy atom. The van der Waals surface area contributed by atoms with Gasteiger partial charge in [0.1, 0.15) is 0 Å². The highest BCUT2D eigenvalue weighted by atomic mass is 16.6. The lowest BCUT2D eigenvalue weighted by Gasteiger charge is -2.24. The Kier molecular flexibility index (Phi) is 4.85. The van der Waals surface area contributed by atoms with Gasteiger partial charge in [-0.2, -0.15) is 0 Å². The highest BCUT2D eigenvalue weighted by molar-refractivity contribution is 6.00. The highest BCUT2D eigenvalue weighted by Gasteiger charge is 2.44. The molecule has 0 fully saturated rings. The van der Waals surface area contributed by atoms with Crippen LogP contribution in [0, 0.1) is 5.41 Å². The van der Waals surface area contributed by atoms with Crippen LogP contribution in [0.25, 0.3) is 10.9 Å². The molecule has 118 valence electrons. The van der Waals surface area contributed by atoms with E-state index in [4.69, 9.17) is 9.47 Å². The number of aromatic nitrogens is 1. The zero-order chi connectivity index (χ0) is 16.2. The highest BCUT2D eigenvalue weighted by Crippen LogP contribution is 2.30. The number of fused-ring (bicyclic) bond motifs is 1. The molecule has 1 N–H and O–H groups in total. The molecule has 0 amide bonds. The van der Waals surface area contributed by atoms with Crippen LogP contribution in [0.15, 0.2) is 30.5 Å². The van der Waals surface area contributed by atoms with Crippen molar-refractivity contribution in [2.45, 2.75) is 27.2 Å². The Labute approximate surface area is 129 Å². The van der Waals surface area contributed by atoms with Crippen molar-refractivity contribution in [3.8, 4) is 0 Å². The minimum Gasteiger partial charge on any atom is -0.465 e. The molecule has 0 radical (unpaired) electrons. The number of H-pyrrole nitrogens is 1. The third-order valence-electron chi connectivity index (χ3n) is 3.67. The van der Waals surface area contributed by atoms with Crippen molar-refractivity contribution < 1.29 is 19.1 Å². The van der Waals surface area contributed by atoms with E-state index in [1.807, 2.05) is 30.5 Å². The molecule has 5 nitrogen and oxygen atoms in total. The molecule has 0 saturated carbocycles. The van der Waals surface area contributed by atoms with Gasteiger partial charge in [-0.1, -0.05) is 18.2 Å². The SMILES string of the molecule is CCOC(=O)C(C)(Cc1c[nH]c2ccccc12)C(=O)OCC. The molecule has 0 atom stereocenters. The van der Waals surface area contributed by atoms with Crippen molar-refractivity contribution in [1.29, 1.82) is 0 Å². The maximum atomic E-state index is 12.3. The summed E-state index contributed by atoms with van der Waals surface area (Å²) in [4.78, 5) is 27.8. The quantitative estimate of drug-likeness (QED) is 0.658. The monoisotopic (exact) mass is 303 g/mol. The molecule has 0 unspecified atom stereocenters. The lowest BCUT2D eigenvalue weighted by atomic mass is 9.83. The summed E-state index contributed by atoms with van der Waals surface area (Å²) in [6.45, 7) is 5.46. The lowest BCUT2D eigenvalue weighted by molar-refractivity contribution is -0.170. The van der Waals surface area contributed by atoms with E-state index in [1.54, 1.807) is 20.8 Å². The molecular weight excluding hydrogens is 282 g/mol. The molecule has 0 aliphatic carbocycles. The smallest absolute Gasteiger partial charge is 0.323 e. The van der Waals surface area contributed by atoms with Gasteiger partial charge in [0.05, 0.1) is 13.2 Å². The molecule has 1 heterocycles. The predicted octanol–water partition coefficient (Wildman–Crippen LogP) is 2.84. The molecule has 22 heavy (non-hydrogen) atoms. The molecule has 5 heteroatoms. The maximum absolute atomic E-state index is 12.3. The van der Waals surface area contributed by atoms with Gasteiger partial charge in [-0.05, 0) is 32.4 Å². The van der Waals surface area contributed by atoms with Crippen LogP contribution < -0.4 is 0 Å². The van der Waals surface area contributed by atoms with Crippen LogP contribution in [-0.4, -0.2) is 30.1 Å². The van der Waals surface area contributed by atoms with E-state index >= 15 is 0 Å². The van der Waals surface area contributed by atoms with Crippen LogP contribution in [0.1, 0.15) is 26.3 Å². The summed E-state index contributed by atoms with van der Waals surface area (Å²) in [6, 6.07) is 7.76. The second-order valence-corrected chi connectivity index (χ2v) is 5.31. The molecule has 0 saturated heterocycles. The van der Waals surface area contributed by atoms with Crippen LogP contribution in [0.3, 0.4) is 0 Å². The van der Waals surface area contributed by atoms with Crippen LogP contribution >= 0.6 is 0 Å². The van der Waals surface area contributed by atoms with Gasteiger partial charge in [-0.25, -0.2) is 0 Å². The minimum absolute atomic E-state index is 0.224. The number of carbonyl (C=O) groups is 2. The summed E-state index contributed by atoms with van der Waals surface area (Å²) in [5, 5.41) is 0.988. The lowest BCUT2D eigenvalue weighted by Crippen LogP contribution is -2.41. The van der Waals surface area contributed by atoms with Gasteiger partial charge in [0, 0.05) is 23.5 Å². The summed E-state index contributed by atoms with van der Waals surface area (Å²) in [7, 11) is 0. The van der Waals surface area contributed by atoms with E-state index in [0.717, 1.165) is 16.5 Å². The van der Waals surface area contributed by atoms with E-state index in [1.165, 1.54) is 0 Å². The molecule has 0 spiro atoms. The van der Waals surface area contributed by atoms with E-state index < -0.39 is 17.4 Å². The van der Waals surface area contributed by atoms with Gasteiger partial charge in [0.2, 0.25) is 0 Å². The van der Waals surface area contributed by atoms with Gasteiger partial charge in [0.25, 0.3) is 0 Å². The fourth-order valence-corrected chi connectivity index (χ4v) is 2.47. The van der Waals surface area contributed by atoms with Crippen molar-refractivity contribution in [3.63, 3.8) is 0 Å². The summed E-state index contributed by atoms with van der Waals surface area (Å²) in [5.41, 5.74) is 0.503. The Morgan fingerprint density at radius 3 is 2.27 bits per heavy atom. The standard InChI is InChI=1S/C17H21NO4/c1-4-21-15(19)17(3,16(20)22-5-2)10-12-11-18-14-9-7-6-8-13(12)14/h6-9,11,18H,4-5,10H2,1-3H3. The second kappa shape index (κ2) is 6.64. The Hall–Kier alpha value is -2.30. The molecule has 2 aromatic rings. The zero-order valence-corrected chi connectivity index (χ0v) is 13.1. The van der Waals surface area contributed by atoms with Gasteiger partial charge in [-0.3, -0.25) is 9.59 Å². The first-order chi connectivity index (χ1) is 10.5. The number of nitrogens with one attached hydrogen (secondary N) is 1. The Bertz CT molecular complexity index is 656. The van der Waals surface area contributed by atoms with Crippen LogP contribution in [0.4, 0.5) is 0 Å². The fourth-order valence-electron chi connectivity index (χ4n) is 2.47. The molecule has 0 aliphatic heterocycles. The van der Waals surface area contributed by atoms with E-state index in [-0.39, 0.29) is 19.6 Å². The van der Waals surface area contributed by atoms with Crippen LogP contribution in [-0.2, 0) is 25.5 Å². The molecular formula is C17H21NO4. The van der Waals surface area contributed by atoms with Gasteiger partial charge >= 0.3 is 11.9 Å². The van der Waals surface area contributed by atoms with Crippen molar-refractivity contribution >= 4 is 22.8 Å². The first kappa shape index (κ1) is 16.1. The molecule has 0 bridgehead atoms. The molecule has 0 aliphatic rings. The number of hydrogen-bond donors (Lipinski definition) is 1. The average molecular weight is 303 g/mol. The topological polar surface area (TPSA) is 68.4 Å². The van der Waals surface area contributed by atoms with Crippen molar-refractivity contribution in [1.82, 2.24) is 4.98 Å². The summed E-state index contributed by atoms with van der Waals surface area (Å²) < 4.78 is 10.2. The summed E-state index contributed by atoms with van der Waals surface area (Å²) >= 11 is 0. The normalized spacial score (nSPS) is 11.4. The number of rotatable bonds is 6. The number of esters is 2. The fraction of sp³-hybridized carbons (Fsp3) is 0.412. The maximum Gasteiger partial charge on any atom is 0.323 e. The summed E-state index contributed by atoms with van der Waals surface area (Å²) in [6.07, 6.45) is 2.05. The number of ether oxygens (including phenoxy) is 2. The number of hydrogen-bond acceptors (Lipinski definition) is 4. The van der Waals surface area contributed by atoms with Gasteiger partial charge in [-0.15, -0.1) is 0 Å². The van der Waals surface area contributed by atoms with E-state index in [0.29, 0.717) is 0 Å². The molecule has 2 rings (SSSR count). The largest absolute Gasteiger partial charge is 0.465 e. The van der Waals surface area contributed by atoms with Crippen LogP contribution in [0.5, 0.6) is 0 Å². The first-order valence-corrected chi connectivity index (χ1v) is 7.42.